The van der Waals surface area contributed by atoms with E-state index >= 15 is 0 Å². The number of benzene rings is 1. The Morgan fingerprint density at radius 3 is 2.79 bits per heavy atom. The lowest BCUT2D eigenvalue weighted by atomic mass is 10.0. The molecule has 3 nitrogen and oxygen atoms in total. The first-order chi connectivity index (χ1) is 9.17. The second-order valence-corrected chi connectivity index (χ2v) is 4.78. The Morgan fingerprint density at radius 1 is 1.37 bits per heavy atom. The largest absolute Gasteiger partial charge is 0.373 e. The second-order valence-electron chi connectivity index (χ2n) is 4.78. The Labute approximate surface area is 115 Å². The van der Waals surface area contributed by atoms with Crippen molar-refractivity contribution in [2.24, 2.45) is 5.92 Å². The van der Waals surface area contributed by atoms with Crippen molar-refractivity contribution in [3.8, 4) is 0 Å². The molecule has 0 bridgehead atoms. The first-order valence-electron chi connectivity index (χ1n) is 6.95. The molecule has 0 aromatic heterocycles. The van der Waals surface area contributed by atoms with Crippen LogP contribution in [0.4, 0.5) is 0 Å². The van der Waals surface area contributed by atoms with Gasteiger partial charge in [0.1, 0.15) is 6.61 Å². The standard InChI is InChI=1S/C16H23O3/c1-4-6-9-14(5-2)12-18-19-16(17)15-10-7-8-13(3)11-15/h7-8,10-12,14H,4-6,9H2,1-3H3. The molecule has 1 unspecified atom stereocenters. The van der Waals surface area contributed by atoms with Crippen LogP contribution in [0, 0.1) is 19.4 Å². The van der Waals surface area contributed by atoms with Gasteiger partial charge in [0.15, 0.2) is 0 Å². The summed E-state index contributed by atoms with van der Waals surface area (Å²) in [6.07, 6.45) is 4.37. The third kappa shape index (κ3) is 5.88. The minimum Gasteiger partial charge on any atom is -0.292 e. The quantitative estimate of drug-likeness (QED) is 0.513. The Kier molecular flexibility index (Phi) is 7.19. The summed E-state index contributed by atoms with van der Waals surface area (Å²) in [7, 11) is 0. The first kappa shape index (κ1) is 15.7. The van der Waals surface area contributed by atoms with Gasteiger partial charge in [0.05, 0.1) is 5.56 Å². The summed E-state index contributed by atoms with van der Waals surface area (Å²) >= 11 is 0. The highest BCUT2D eigenvalue weighted by molar-refractivity contribution is 5.89. The van der Waals surface area contributed by atoms with Gasteiger partial charge in [-0.15, -0.1) is 0 Å². The van der Waals surface area contributed by atoms with Crippen LogP contribution >= 0.6 is 0 Å². The van der Waals surface area contributed by atoms with E-state index in [1.54, 1.807) is 18.7 Å². The van der Waals surface area contributed by atoms with E-state index in [9.17, 15) is 4.79 Å². The van der Waals surface area contributed by atoms with Gasteiger partial charge in [-0.3, -0.25) is 4.89 Å². The van der Waals surface area contributed by atoms with E-state index in [2.05, 4.69) is 13.8 Å². The monoisotopic (exact) mass is 263 g/mol. The normalized spacial score (nSPS) is 12.2. The fraction of sp³-hybridized carbons (Fsp3) is 0.500. The van der Waals surface area contributed by atoms with Crippen molar-refractivity contribution < 1.29 is 14.6 Å². The van der Waals surface area contributed by atoms with E-state index in [0.717, 1.165) is 31.2 Å². The van der Waals surface area contributed by atoms with E-state index in [1.165, 1.54) is 0 Å². The predicted molar refractivity (Wildman–Crippen MR) is 75.3 cm³/mol. The molecule has 1 radical (unpaired) electrons. The zero-order valence-corrected chi connectivity index (χ0v) is 12.0. The molecule has 0 heterocycles. The van der Waals surface area contributed by atoms with Gasteiger partial charge in [0.25, 0.3) is 0 Å². The second kappa shape index (κ2) is 8.70. The molecule has 0 N–H and O–H groups in total. The van der Waals surface area contributed by atoms with Gasteiger partial charge in [0, 0.05) is 0 Å². The highest BCUT2D eigenvalue weighted by atomic mass is 17.2. The lowest BCUT2D eigenvalue weighted by molar-refractivity contribution is -0.219. The Hall–Kier alpha value is -1.35. The fourth-order valence-electron chi connectivity index (χ4n) is 1.80. The number of unbranched alkanes of at least 4 members (excludes halogenated alkanes) is 1. The Morgan fingerprint density at radius 2 is 2.16 bits per heavy atom. The van der Waals surface area contributed by atoms with Gasteiger partial charge in [-0.25, -0.2) is 4.79 Å². The first-order valence-corrected chi connectivity index (χ1v) is 6.95. The topological polar surface area (TPSA) is 35.5 Å². The van der Waals surface area contributed by atoms with Crippen LogP contribution in [-0.2, 0) is 9.78 Å². The van der Waals surface area contributed by atoms with Crippen LogP contribution in [0.2, 0.25) is 0 Å². The predicted octanol–water partition coefficient (Wildman–Crippen LogP) is 4.46. The van der Waals surface area contributed by atoms with E-state index < -0.39 is 5.97 Å². The van der Waals surface area contributed by atoms with Crippen molar-refractivity contribution >= 4 is 5.97 Å². The third-order valence-electron chi connectivity index (χ3n) is 3.08. The highest BCUT2D eigenvalue weighted by Crippen LogP contribution is 2.16. The van der Waals surface area contributed by atoms with Crippen LogP contribution in [0.1, 0.15) is 55.5 Å². The molecule has 105 valence electrons. The van der Waals surface area contributed by atoms with E-state index in [1.807, 2.05) is 19.1 Å². The van der Waals surface area contributed by atoms with Crippen molar-refractivity contribution in [1.29, 1.82) is 0 Å². The number of hydrogen-bond donors (Lipinski definition) is 0. The minimum absolute atomic E-state index is 0.338. The molecule has 0 fully saturated rings. The molecule has 0 amide bonds. The van der Waals surface area contributed by atoms with Crippen LogP contribution in [0.25, 0.3) is 0 Å². The SMILES string of the molecule is CCCCC([CH]OOC(=O)c1cccc(C)c1)CC. The summed E-state index contributed by atoms with van der Waals surface area (Å²) in [5.74, 6) is -0.115. The lowest BCUT2D eigenvalue weighted by Crippen LogP contribution is -2.09. The molecule has 1 aromatic rings. The molecule has 19 heavy (non-hydrogen) atoms. The van der Waals surface area contributed by atoms with Crippen molar-refractivity contribution in [2.75, 3.05) is 0 Å². The van der Waals surface area contributed by atoms with Crippen molar-refractivity contribution in [2.45, 2.75) is 46.5 Å². The van der Waals surface area contributed by atoms with Gasteiger partial charge in [-0.2, -0.15) is 4.89 Å². The van der Waals surface area contributed by atoms with E-state index in [-0.39, 0.29) is 0 Å². The maximum Gasteiger partial charge on any atom is 0.373 e. The number of rotatable bonds is 8. The Bertz CT molecular complexity index is 387. The molecule has 1 atom stereocenters. The molecule has 0 saturated heterocycles. The molecule has 0 aliphatic heterocycles. The van der Waals surface area contributed by atoms with Gasteiger partial charge in [-0.05, 0) is 31.4 Å². The zero-order valence-electron chi connectivity index (χ0n) is 12.0. The molecule has 0 aliphatic carbocycles. The third-order valence-corrected chi connectivity index (χ3v) is 3.08. The van der Waals surface area contributed by atoms with Crippen LogP contribution in [0.15, 0.2) is 24.3 Å². The van der Waals surface area contributed by atoms with Crippen LogP contribution in [0.5, 0.6) is 0 Å². The average molecular weight is 263 g/mol. The lowest BCUT2D eigenvalue weighted by Gasteiger charge is -2.12. The molecule has 3 heteroatoms. The minimum atomic E-state index is -0.453. The van der Waals surface area contributed by atoms with Gasteiger partial charge >= 0.3 is 5.97 Å². The van der Waals surface area contributed by atoms with Crippen LogP contribution in [-0.4, -0.2) is 5.97 Å². The van der Waals surface area contributed by atoms with Crippen molar-refractivity contribution in [3.63, 3.8) is 0 Å². The fourth-order valence-corrected chi connectivity index (χ4v) is 1.80. The van der Waals surface area contributed by atoms with E-state index in [0.29, 0.717) is 11.5 Å². The van der Waals surface area contributed by atoms with Gasteiger partial charge < -0.3 is 0 Å². The molecule has 0 aliphatic rings. The molecule has 1 rings (SSSR count). The molecular weight excluding hydrogens is 240 g/mol. The summed E-state index contributed by atoms with van der Waals surface area (Å²) in [6, 6.07) is 7.25. The van der Waals surface area contributed by atoms with Crippen LogP contribution < -0.4 is 0 Å². The van der Waals surface area contributed by atoms with Gasteiger partial charge in [0.2, 0.25) is 0 Å². The maximum atomic E-state index is 11.7. The summed E-state index contributed by atoms with van der Waals surface area (Å²) in [6.45, 7) is 7.82. The summed E-state index contributed by atoms with van der Waals surface area (Å²) in [4.78, 5) is 21.5. The highest BCUT2D eigenvalue weighted by Gasteiger charge is 2.11. The van der Waals surface area contributed by atoms with Gasteiger partial charge in [-0.1, -0.05) is 50.8 Å². The van der Waals surface area contributed by atoms with E-state index in [4.69, 9.17) is 9.78 Å². The van der Waals surface area contributed by atoms with Crippen LogP contribution in [0.3, 0.4) is 0 Å². The average Bonchev–Trinajstić information content (AvgIpc) is 2.42. The summed E-state index contributed by atoms with van der Waals surface area (Å²) in [5.41, 5.74) is 1.53. The molecule has 1 aromatic carbocycles. The zero-order chi connectivity index (χ0) is 14.1. The number of carbonyl (C=O) groups is 1. The Balaban J connectivity index is 2.34. The van der Waals surface area contributed by atoms with Crippen molar-refractivity contribution in [1.82, 2.24) is 0 Å². The molecule has 0 spiro atoms. The maximum absolute atomic E-state index is 11.7. The summed E-state index contributed by atoms with van der Waals surface area (Å²) < 4.78 is 0. The smallest absolute Gasteiger partial charge is 0.292 e. The van der Waals surface area contributed by atoms with Crippen molar-refractivity contribution in [3.05, 3.63) is 42.0 Å². The molecule has 0 saturated carbocycles. The number of carbonyl (C=O) groups excluding carboxylic acids is 1. The summed E-state index contributed by atoms with van der Waals surface area (Å²) in [5, 5.41) is 0. The molecular formula is C16H23O3. The number of hydrogen-bond acceptors (Lipinski definition) is 3. The number of aryl methyl sites for hydroxylation is 1.